The first kappa shape index (κ1) is 15.2. The standard InChI is InChI=1S/C16H16FN3O3/c1-3-16(11-4-6-12(17)7-5-11)14(21)20(15(22)18-16)9-13-8-10(2)23-19-13/h4-8H,3,9H2,1-2H3,(H,18,22). The van der Waals surface area contributed by atoms with Crippen LogP contribution >= 0.6 is 0 Å². The van der Waals surface area contributed by atoms with Crippen LogP contribution in [0.25, 0.3) is 0 Å². The average molecular weight is 317 g/mol. The van der Waals surface area contributed by atoms with E-state index in [1.165, 1.54) is 24.3 Å². The van der Waals surface area contributed by atoms with Crippen molar-refractivity contribution in [1.29, 1.82) is 0 Å². The molecule has 2 aromatic rings. The maximum Gasteiger partial charge on any atom is 0.325 e. The molecule has 1 atom stereocenters. The molecule has 3 rings (SSSR count). The molecule has 1 N–H and O–H groups in total. The maximum absolute atomic E-state index is 13.1. The Labute approximate surface area is 132 Å². The van der Waals surface area contributed by atoms with Crippen LogP contribution in [-0.2, 0) is 16.9 Å². The molecule has 120 valence electrons. The normalized spacial score (nSPS) is 20.9. The molecule has 1 saturated heterocycles. The smallest absolute Gasteiger partial charge is 0.325 e. The summed E-state index contributed by atoms with van der Waals surface area (Å²) < 4.78 is 18.1. The van der Waals surface area contributed by atoms with Crippen molar-refractivity contribution in [2.75, 3.05) is 0 Å². The first-order chi connectivity index (χ1) is 11.0. The number of urea groups is 1. The molecular formula is C16H16FN3O3. The molecule has 2 heterocycles. The lowest BCUT2D eigenvalue weighted by Gasteiger charge is -2.25. The Kier molecular flexibility index (Phi) is 3.63. The number of aryl methyl sites for hydroxylation is 1. The van der Waals surface area contributed by atoms with Gasteiger partial charge in [0, 0.05) is 6.07 Å². The van der Waals surface area contributed by atoms with Crippen molar-refractivity contribution in [3.63, 3.8) is 0 Å². The molecule has 1 aliphatic heterocycles. The van der Waals surface area contributed by atoms with E-state index in [0.29, 0.717) is 23.4 Å². The number of carbonyl (C=O) groups excluding carboxylic acids is 2. The van der Waals surface area contributed by atoms with Crippen LogP contribution in [0.2, 0.25) is 0 Å². The van der Waals surface area contributed by atoms with Crippen LogP contribution < -0.4 is 5.32 Å². The lowest BCUT2D eigenvalue weighted by atomic mass is 9.87. The van der Waals surface area contributed by atoms with Gasteiger partial charge in [-0.15, -0.1) is 0 Å². The van der Waals surface area contributed by atoms with Gasteiger partial charge in [-0.25, -0.2) is 9.18 Å². The van der Waals surface area contributed by atoms with Crippen LogP contribution in [0.1, 0.15) is 30.4 Å². The van der Waals surface area contributed by atoms with E-state index in [9.17, 15) is 14.0 Å². The summed E-state index contributed by atoms with van der Waals surface area (Å²) in [4.78, 5) is 26.2. The number of rotatable bonds is 4. The van der Waals surface area contributed by atoms with E-state index >= 15 is 0 Å². The monoisotopic (exact) mass is 317 g/mol. The first-order valence-electron chi connectivity index (χ1n) is 7.28. The van der Waals surface area contributed by atoms with Gasteiger partial charge >= 0.3 is 6.03 Å². The van der Waals surface area contributed by atoms with Crippen LogP contribution in [0.4, 0.5) is 9.18 Å². The summed E-state index contributed by atoms with van der Waals surface area (Å²) in [5.74, 6) is -0.170. The van der Waals surface area contributed by atoms with E-state index in [0.717, 1.165) is 4.90 Å². The lowest BCUT2D eigenvalue weighted by molar-refractivity contribution is -0.132. The molecule has 0 bridgehead atoms. The van der Waals surface area contributed by atoms with Crippen molar-refractivity contribution < 1.29 is 18.5 Å². The number of halogens is 1. The highest BCUT2D eigenvalue weighted by Crippen LogP contribution is 2.33. The highest BCUT2D eigenvalue weighted by molar-refractivity contribution is 6.07. The minimum Gasteiger partial charge on any atom is -0.361 e. The second-order valence-corrected chi connectivity index (χ2v) is 5.52. The summed E-state index contributed by atoms with van der Waals surface area (Å²) in [6.07, 6.45) is 0.359. The first-order valence-corrected chi connectivity index (χ1v) is 7.28. The van der Waals surface area contributed by atoms with Gasteiger partial charge in [-0.2, -0.15) is 0 Å². The van der Waals surface area contributed by atoms with Crippen LogP contribution in [0.15, 0.2) is 34.9 Å². The molecule has 1 aromatic heterocycles. The van der Waals surface area contributed by atoms with Gasteiger partial charge in [0.25, 0.3) is 5.91 Å². The van der Waals surface area contributed by atoms with Gasteiger partial charge in [-0.1, -0.05) is 24.2 Å². The second-order valence-electron chi connectivity index (χ2n) is 5.52. The predicted molar refractivity (Wildman–Crippen MR) is 78.7 cm³/mol. The maximum atomic E-state index is 13.1. The molecule has 23 heavy (non-hydrogen) atoms. The zero-order chi connectivity index (χ0) is 16.6. The fraction of sp³-hybridized carbons (Fsp3) is 0.312. The Bertz CT molecular complexity index is 756. The van der Waals surface area contributed by atoms with E-state index < -0.39 is 17.4 Å². The highest BCUT2D eigenvalue weighted by atomic mass is 19.1. The minimum atomic E-state index is -1.18. The Morgan fingerprint density at radius 3 is 2.57 bits per heavy atom. The van der Waals surface area contributed by atoms with Gasteiger partial charge < -0.3 is 9.84 Å². The summed E-state index contributed by atoms with van der Waals surface area (Å²) in [6.45, 7) is 3.56. The van der Waals surface area contributed by atoms with E-state index in [-0.39, 0.29) is 12.5 Å². The number of carbonyl (C=O) groups is 2. The number of nitrogens with one attached hydrogen (secondary N) is 1. The van der Waals surface area contributed by atoms with E-state index in [2.05, 4.69) is 10.5 Å². The molecule has 0 spiro atoms. The van der Waals surface area contributed by atoms with Gasteiger partial charge in [-0.3, -0.25) is 9.69 Å². The van der Waals surface area contributed by atoms with Crippen molar-refractivity contribution in [3.8, 4) is 0 Å². The fourth-order valence-electron chi connectivity index (χ4n) is 2.80. The van der Waals surface area contributed by atoms with Crippen LogP contribution in [0.3, 0.4) is 0 Å². The summed E-state index contributed by atoms with van der Waals surface area (Å²) in [7, 11) is 0. The molecule has 1 aromatic carbocycles. The molecule has 7 heteroatoms. The van der Waals surface area contributed by atoms with Crippen molar-refractivity contribution >= 4 is 11.9 Å². The van der Waals surface area contributed by atoms with E-state index in [4.69, 9.17) is 4.52 Å². The number of aromatic nitrogens is 1. The summed E-state index contributed by atoms with van der Waals surface area (Å²) in [5, 5.41) is 6.54. The third-order valence-corrected chi connectivity index (χ3v) is 4.04. The topological polar surface area (TPSA) is 75.4 Å². The quantitative estimate of drug-likeness (QED) is 0.879. The number of hydrogen-bond acceptors (Lipinski definition) is 4. The highest BCUT2D eigenvalue weighted by Gasteiger charge is 2.51. The van der Waals surface area contributed by atoms with Crippen LogP contribution in [-0.4, -0.2) is 22.0 Å². The zero-order valence-corrected chi connectivity index (χ0v) is 12.8. The number of hydrogen-bond donors (Lipinski definition) is 1. The number of amides is 3. The van der Waals surface area contributed by atoms with Crippen LogP contribution in [0.5, 0.6) is 0 Å². The lowest BCUT2D eigenvalue weighted by Crippen LogP contribution is -2.43. The summed E-state index contributed by atoms with van der Waals surface area (Å²) in [5.41, 5.74) is -0.126. The molecule has 1 fully saturated rings. The molecule has 1 aliphatic rings. The van der Waals surface area contributed by atoms with Crippen molar-refractivity contribution in [2.45, 2.75) is 32.4 Å². The number of imide groups is 1. The van der Waals surface area contributed by atoms with Crippen molar-refractivity contribution in [2.24, 2.45) is 0 Å². The zero-order valence-electron chi connectivity index (χ0n) is 12.8. The van der Waals surface area contributed by atoms with Gasteiger partial charge in [0.2, 0.25) is 0 Å². The third-order valence-electron chi connectivity index (χ3n) is 4.04. The summed E-state index contributed by atoms with van der Waals surface area (Å²) >= 11 is 0. The molecule has 0 aliphatic carbocycles. The van der Waals surface area contributed by atoms with E-state index in [1.54, 1.807) is 19.9 Å². The summed E-state index contributed by atoms with van der Waals surface area (Å²) in [6, 6.07) is 6.75. The third kappa shape index (κ3) is 2.48. The second kappa shape index (κ2) is 5.49. The Morgan fingerprint density at radius 2 is 2.00 bits per heavy atom. The Morgan fingerprint density at radius 1 is 1.30 bits per heavy atom. The molecule has 0 radical (unpaired) electrons. The van der Waals surface area contributed by atoms with Crippen LogP contribution in [0, 0.1) is 12.7 Å². The van der Waals surface area contributed by atoms with Gasteiger partial charge in [0.15, 0.2) is 0 Å². The predicted octanol–water partition coefficient (Wildman–Crippen LogP) is 2.48. The van der Waals surface area contributed by atoms with E-state index in [1.807, 2.05) is 0 Å². The molecule has 3 amide bonds. The van der Waals surface area contributed by atoms with Gasteiger partial charge in [0.05, 0.1) is 6.54 Å². The molecule has 0 saturated carbocycles. The Hall–Kier alpha value is -2.70. The SMILES string of the molecule is CCC1(c2ccc(F)cc2)NC(=O)N(Cc2cc(C)on2)C1=O. The number of nitrogens with zero attached hydrogens (tertiary/aromatic N) is 2. The number of benzene rings is 1. The Balaban J connectivity index is 1.93. The molecule has 1 unspecified atom stereocenters. The molecule has 6 nitrogen and oxygen atoms in total. The fourth-order valence-corrected chi connectivity index (χ4v) is 2.80. The molecular weight excluding hydrogens is 301 g/mol. The largest absolute Gasteiger partial charge is 0.361 e. The van der Waals surface area contributed by atoms with Crippen molar-refractivity contribution in [3.05, 3.63) is 53.2 Å². The van der Waals surface area contributed by atoms with Gasteiger partial charge in [0.1, 0.15) is 22.8 Å². The van der Waals surface area contributed by atoms with Gasteiger partial charge in [-0.05, 0) is 31.0 Å². The van der Waals surface area contributed by atoms with Crippen molar-refractivity contribution in [1.82, 2.24) is 15.4 Å². The minimum absolute atomic E-state index is 0.0327. The average Bonchev–Trinajstić information content (AvgIpc) is 3.05.